The smallest absolute Gasteiger partial charge is 0.338 e. The number of aliphatic hydroxyl groups is 2. The fraction of sp³-hybridized carbons (Fsp3) is 0.180. The number of hydrogen-bond acceptors (Lipinski definition) is 21. The lowest BCUT2D eigenvalue weighted by molar-refractivity contribution is -0.0187. The van der Waals surface area contributed by atoms with Gasteiger partial charge in [0.25, 0.3) is 0 Å². The Kier molecular flexibility index (Phi) is 10.6. The standard InChI is InChI=1S/C50H38O21/c51-18-5-28(54)25-13-35(61)48(69-37(25)8-18)23-11-33(59)45(65)41-21(23)1-16(3-31(57)43(41)63)47-40(15-27-30(56)7-20(53)10-39(27)68-47)71-50(67)17-2-22-24(12-34(60)46(66)42(22)44(64)32(58)4-17)49-36(62)14-26-29(55)6-19(52)9-38(26)70-49/h1-12,35-36,40,47-49,51-56,59-62,65-66H,13-15H2,(H,57,63)(H,58,64)/t35-,36-,40-,47-,48-,49-/m1/s1. The summed E-state index contributed by atoms with van der Waals surface area (Å²) < 4.78 is 24.3. The van der Waals surface area contributed by atoms with Crippen molar-refractivity contribution >= 4 is 27.5 Å². The molecule has 0 bridgehead atoms. The zero-order valence-corrected chi connectivity index (χ0v) is 36.1. The molecule has 0 spiro atoms. The molecule has 7 aromatic rings. The van der Waals surface area contributed by atoms with Gasteiger partial charge < -0.3 is 90.4 Å². The van der Waals surface area contributed by atoms with Crippen molar-refractivity contribution in [2.75, 3.05) is 0 Å². The van der Waals surface area contributed by atoms with E-state index in [0.717, 1.165) is 60.7 Å². The lowest BCUT2D eigenvalue weighted by atomic mass is 9.90. The van der Waals surface area contributed by atoms with Gasteiger partial charge in [-0.15, -0.1) is 0 Å². The summed E-state index contributed by atoms with van der Waals surface area (Å²) in [4.78, 5) is 42.2. The quantitative estimate of drug-likeness (QED) is 0.0850. The van der Waals surface area contributed by atoms with Gasteiger partial charge in [-0.3, -0.25) is 9.59 Å². The molecule has 0 saturated carbocycles. The molecule has 3 aliphatic heterocycles. The molecule has 364 valence electrons. The normalized spacial score (nSPS) is 20.1. The Morgan fingerprint density at radius 2 is 0.915 bits per heavy atom. The number of carbonyl (C=O) groups is 1. The van der Waals surface area contributed by atoms with E-state index < -0.39 is 145 Å². The van der Waals surface area contributed by atoms with Gasteiger partial charge in [0.2, 0.25) is 10.9 Å². The topological polar surface area (TPSA) is 371 Å². The number of aromatic hydroxyl groups is 12. The van der Waals surface area contributed by atoms with E-state index >= 15 is 0 Å². The summed E-state index contributed by atoms with van der Waals surface area (Å²) in [6.07, 6.45) is -10.4. The van der Waals surface area contributed by atoms with Gasteiger partial charge in [-0.25, -0.2) is 4.79 Å². The highest BCUT2D eigenvalue weighted by Gasteiger charge is 2.40. The van der Waals surface area contributed by atoms with E-state index in [1.54, 1.807) is 0 Å². The fourth-order valence-corrected chi connectivity index (χ4v) is 9.51. The Bertz CT molecular complexity index is 3590. The summed E-state index contributed by atoms with van der Waals surface area (Å²) >= 11 is 0. The average Bonchev–Trinajstić information content (AvgIpc) is 3.52. The van der Waals surface area contributed by atoms with Crippen LogP contribution in [-0.2, 0) is 24.0 Å². The van der Waals surface area contributed by atoms with Crippen molar-refractivity contribution in [3.8, 4) is 86.2 Å². The molecular formula is C50H38O21. The van der Waals surface area contributed by atoms with E-state index in [9.17, 15) is 85.9 Å². The van der Waals surface area contributed by atoms with Gasteiger partial charge >= 0.3 is 5.97 Å². The number of phenols is 10. The maximum absolute atomic E-state index is 14.6. The summed E-state index contributed by atoms with van der Waals surface area (Å²) in [5.74, 6) is -10.4. The first-order valence-corrected chi connectivity index (χ1v) is 21.4. The van der Waals surface area contributed by atoms with Crippen molar-refractivity contribution in [1.82, 2.24) is 0 Å². The van der Waals surface area contributed by atoms with Gasteiger partial charge in [-0.1, -0.05) is 0 Å². The Labute approximate surface area is 396 Å². The molecular weight excluding hydrogens is 937 g/mol. The minimum atomic E-state index is -1.67. The largest absolute Gasteiger partial charge is 0.508 e. The number of rotatable bonds is 5. The number of phenolic OH excluding ortho intramolecular Hbond substituents is 10. The van der Waals surface area contributed by atoms with Crippen molar-refractivity contribution in [3.63, 3.8) is 0 Å². The van der Waals surface area contributed by atoms with Crippen LogP contribution in [0.4, 0.5) is 0 Å². The van der Waals surface area contributed by atoms with Crippen molar-refractivity contribution in [2.45, 2.75) is 55.9 Å². The van der Waals surface area contributed by atoms with Crippen LogP contribution in [0, 0.1) is 0 Å². The van der Waals surface area contributed by atoms with Crippen LogP contribution in [0.1, 0.15) is 62.1 Å². The monoisotopic (exact) mass is 974 g/mol. The van der Waals surface area contributed by atoms with Crippen molar-refractivity contribution in [2.24, 2.45) is 0 Å². The molecule has 0 unspecified atom stereocenters. The Hall–Kier alpha value is -9.21. The minimum absolute atomic E-state index is 0.0309. The van der Waals surface area contributed by atoms with E-state index in [2.05, 4.69) is 0 Å². The van der Waals surface area contributed by atoms with E-state index in [4.69, 9.17) is 18.9 Å². The average molecular weight is 975 g/mol. The third-order valence-corrected chi connectivity index (χ3v) is 12.8. The molecule has 21 heteroatoms. The van der Waals surface area contributed by atoms with Gasteiger partial charge in [0.1, 0.15) is 57.8 Å². The molecule has 0 fully saturated rings. The second-order valence-corrected chi connectivity index (χ2v) is 17.3. The van der Waals surface area contributed by atoms with Crippen LogP contribution in [0.15, 0.2) is 82.4 Å². The number of fused-ring (bicyclic) bond motifs is 5. The molecule has 3 heterocycles. The predicted octanol–water partition coefficient (Wildman–Crippen LogP) is 4.16. The molecule has 10 rings (SSSR count). The number of esters is 1. The molecule has 0 radical (unpaired) electrons. The van der Waals surface area contributed by atoms with Crippen LogP contribution >= 0.6 is 0 Å². The molecule has 71 heavy (non-hydrogen) atoms. The molecule has 21 nitrogen and oxygen atoms in total. The van der Waals surface area contributed by atoms with Gasteiger partial charge in [-0.05, 0) is 47.2 Å². The Morgan fingerprint density at radius 1 is 0.465 bits per heavy atom. The molecule has 0 aliphatic carbocycles. The lowest BCUT2D eigenvalue weighted by Crippen LogP contribution is -2.35. The first-order chi connectivity index (χ1) is 33.7. The SMILES string of the molecule is O=C(O[C@@H]1Cc2c(O)cc(O)cc2O[C@@H]1c1cc(=O)c(O)c2c(O)c(O)cc([C@H]3Oc4cc(O)cc(O)c4C[C@H]3O)c2c1)c1cc(O)c(=O)c2c(O)c(O)cc([C@H]3Oc4cc(O)cc(O)c4C[C@H]3O)c2c1. The lowest BCUT2D eigenvalue weighted by Gasteiger charge is -2.34. The van der Waals surface area contributed by atoms with E-state index in [0.29, 0.717) is 6.07 Å². The second kappa shape index (κ2) is 16.5. The molecule has 14 N–H and O–H groups in total. The number of benzene rings is 5. The number of ether oxygens (including phenoxy) is 4. The maximum atomic E-state index is 14.6. The summed E-state index contributed by atoms with van der Waals surface area (Å²) in [5.41, 5.74) is -3.57. The molecule has 0 aromatic heterocycles. The van der Waals surface area contributed by atoms with Crippen LogP contribution in [0.5, 0.6) is 86.2 Å². The first kappa shape index (κ1) is 45.6. The molecule has 0 amide bonds. The third-order valence-electron chi connectivity index (χ3n) is 12.8. The molecule has 6 atom stereocenters. The minimum Gasteiger partial charge on any atom is -0.508 e. The van der Waals surface area contributed by atoms with Crippen molar-refractivity contribution in [3.05, 3.63) is 132 Å². The number of hydrogen-bond donors (Lipinski definition) is 14. The highest BCUT2D eigenvalue weighted by molar-refractivity contribution is 6.00. The maximum Gasteiger partial charge on any atom is 0.338 e. The second-order valence-electron chi connectivity index (χ2n) is 17.3. The van der Waals surface area contributed by atoms with Gasteiger partial charge in [0.05, 0.1) is 28.5 Å². The van der Waals surface area contributed by atoms with E-state index in [-0.39, 0.29) is 74.2 Å². The first-order valence-electron chi connectivity index (χ1n) is 21.4. The summed E-state index contributed by atoms with van der Waals surface area (Å²) in [5, 5.41) is 150. The molecule has 3 aliphatic rings. The Morgan fingerprint density at radius 3 is 1.42 bits per heavy atom. The van der Waals surface area contributed by atoms with Gasteiger partial charge in [-0.2, -0.15) is 0 Å². The zero-order valence-electron chi connectivity index (χ0n) is 36.1. The van der Waals surface area contributed by atoms with Crippen LogP contribution in [0.25, 0.3) is 21.5 Å². The van der Waals surface area contributed by atoms with E-state index in [1.165, 1.54) is 6.07 Å². The summed E-state index contributed by atoms with van der Waals surface area (Å²) in [6.45, 7) is 0. The van der Waals surface area contributed by atoms with E-state index in [1.807, 2.05) is 0 Å². The fourth-order valence-electron chi connectivity index (χ4n) is 9.51. The predicted molar refractivity (Wildman–Crippen MR) is 242 cm³/mol. The van der Waals surface area contributed by atoms with Crippen molar-refractivity contribution in [1.29, 1.82) is 0 Å². The molecule has 0 saturated heterocycles. The van der Waals surface area contributed by atoms with Crippen LogP contribution < -0.4 is 25.1 Å². The van der Waals surface area contributed by atoms with Crippen LogP contribution in [0.3, 0.4) is 0 Å². The number of carbonyl (C=O) groups excluding carboxylic acids is 1. The molecule has 7 aromatic carbocycles. The van der Waals surface area contributed by atoms with Crippen LogP contribution in [0.2, 0.25) is 0 Å². The van der Waals surface area contributed by atoms with Crippen LogP contribution in [-0.4, -0.2) is 95.8 Å². The van der Waals surface area contributed by atoms with Crippen molar-refractivity contribution < 1.29 is 95.2 Å². The summed E-state index contributed by atoms with van der Waals surface area (Å²) in [6, 6.07) is 11.9. The third kappa shape index (κ3) is 7.55. The Balaban J connectivity index is 1.12. The number of aliphatic hydroxyl groups excluding tert-OH is 2. The van der Waals surface area contributed by atoms with Gasteiger partial charge in [0.15, 0.2) is 52.8 Å². The summed E-state index contributed by atoms with van der Waals surface area (Å²) in [7, 11) is 0. The zero-order chi connectivity index (χ0) is 50.6. The highest BCUT2D eigenvalue weighted by Crippen LogP contribution is 2.50. The highest BCUT2D eigenvalue weighted by atomic mass is 16.6. The van der Waals surface area contributed by atoms with Gasteiger partial charge in [0, 0.05) is 89.0 Å².